The molecule has 1 heterocycles. The predicted molar refractivity (Wildman–Crippen MR) is 123 cm³/mol. The molecule has 0 amide bonds. The van der Waals surface area contributed by atoms with Crippen molar-refractivity contribution in [1.82, 2.24) is 5.32 Å². The van der Waals surface area contributed by atoms with E-state index in [0.29, 0.717) is 18.8 Å². The highest BCUT2D eigenvalue weighted by Gasteiger charge is 2.29. The maximum atomic E-state index is 10.9. The summed E-state index contributed by atoms with van der Waals surface area (Å²) < 4.78 is 11.2. The Morgan fingerprint density at radius 2 is 1.68 bits per heavy atom. The number of aryl methyl sites for hydroxylation is 1. The lowest BCUT2D eigenvalue weighted by molar-refractivity contribution is 0.313. The second kappa shape index (κ2) is 9.23. The van der Waals surface area contributed by atoms with Crippen molar-refractivity contribution >= 4 is 5.71 Å². The monoisotopic (exact) mass is 416 g/mol. The summed E-state index contributed by atoms with van der Waals surface area (Å²) in [7, 11) is 1.67. The second-order valence-electron chi connectivity index (χ2n) is 7.64. The van der Waals surface area contributed by atoms with Crippen LogP contribution >= 0.6 is 0 Å². The normalized spacial score (nSPS) is 18.4. The van der Waals surface area contributed by atoms with Crippen LogP contribution in [-0.2, 0) is 0 Å². The van der Waals surface area contributed by atoms with E-state index >= 15 is 0 Å². The molecule has 0 aromatic heterocycles. The molecule has 160 valence electrons. The van der Waals surface area contributed by atoms with Crippen LogP contribution in [0.3, 0.4) is 0 Å². The Kier molecular flexibility index (Phi) is 6.23. The molecular formula is C26H28N2O3. The third-order valence-corrected chi connectivity index (χ3v) is 5.57. The summed E-state index contributed by atoms with van der Waals surface area (Å²) in [6.45, 7) is 4.48. The molecule has 0 bridgehead atoms. The number of hydrogen-bond acceptors (Lipinski definition) is 5. The van der Waals surface area contributed by atoms with Gasteiger partial charge in [-0.15, -0.1) is 0 Å². The van der Waals surface area contributed by atoms with Crippen molar-refractivity contribution in [2.24, 2.45) is 4.99 Å². The highest BCUT2D eigenvalue weighted by atomic mass is 16.5. The van der Waals surface area contributed by atoms with E-state index in [9.17, 15) is 5.11 Å². The molecule has 5 nitrogen and oxygen atoms in total. The van der Waals surface area contributed by atoms with Crippen LogP contribution in [0.5, 0.6) is 17.2 Å². The van der Waals surface area contributed by atoms with E-state index in [1.54, 1.807) is 13.2 Å². The van der Waals surface area contributed by atoms with E-state index in [4.69, 9.17) is 14.5 Å². The maximum Gasteiger partial charge on any atom is 0.162 e. The molecule has 1 aliphatic rings. The summed E-state index contributed by atoms with van der Waals surface area (Å²) in [5.41, 5.74) is 5.03. The van der Waals surface area contributed by atoms with Gasteiger partial charge in [0.25, 0.3) is 0 Å². The molecule has 3 aromatic carbocycles. The van der Waals surface area contributed by atoms with Crippen LogP contribution in [0.1, 0.15) is 47.8 Å². The molecule has 0 unspecified atom stereocenters. The van der Waals surface area contributed by atoms with Gasteiger partial charge in [-0.3, -0.25) is 10.3 Å². The number of phenols is 1. The Balaban J connectivity index is 1.78. The van der Waals surface area contributed by atoms with Crippen molar-refractivity contribution in [2.75, 3.05) is 13.7 Å². The number of hydrogen-bond donors (Lipinski definition) is 2. The Morgan fingerprint density at radius 1 is 0.968 bits per heavy atom. The molecule has 0 saturated carbocycles. The zero-order chi connectivity index (χ0) is 21.8. The third-order valence-electron chi connectivity index (χ3n) is 5.57. The van der Waals surface area contributed by atoms with Gasteiger partial charge in [0.1, 0.15) is 11.9 Å². The van der Waals surface area contributed by atoms with Gasteiger partial charge in [0.2, 0.25) is 0 Å². The number of benzene rings is 3. The van der Waals surface area contributed by atoms with Gasteiger partial charge in [-0.05, 0) is 31.5 Å². The number of phenolic OH excluding ortho intramolecular Hbond substituents is 1. The number of nitrogens with one attached hydrogen (secondary N) is 1. The zero-order valence-electron chi connectivity index (χ0n) is 18.1. The molecule has 0 aliphatic carbocycles. The molecule has 5 heteroatoms. The summed E-state index contributed by atoms with van der Waals surface area (Å²) >= 11 is 0. The molecule has 2 N–H and O–H groups in total. The number of rotatable bonds is 6. The van der Waals surface area contributed by atoms with Crippen LogP contribution < -0.4 is 14.8 Å². The van der Waals surface area contributed by atoms with Gasteiger partial charge in [0.05, 0.1) is 13.7 Å². The predicted octanol–water partition coefficient (Wildman–Crippen LogP) is 5.33. The highest BCUT2D eigenvalue weighted by Crippen LogP contribution is 2.40. The molecule has 2 atom stereocenters. The smallest absolute Gasteiger partial charge is 0.162 e. The summed E-state index contributed by atoms with van der Waals surface area (Å²) in [6, 6.07) is 21.8. The highest BCUT2D eigenvalue weighted by molar-refractivity contribution is 6.01. The van der Waals surface area contributed by atoms with Crippen molar-refractivity contribution < 1.29 is 14.6 Å². The van der Waals surface area contributed by atoms with E-state index in [2.05, 4.69) is 36.5 Å². The summed E-state index contributed by atoms with van der Waals surface area (Å²) in [4.78, 5) is 5.04. The van der Waals surface area contributed by atoms with Crippen LogP contribution in [0.15, 0.2) is 71.7 Å². The van der Waals surface area contributed by atoms with Gasteiger partial charge in [0, 0.05) is 29.3 Å². The van der Waals surface area contributed by atoms with Gasteiger partial charge in [-0.25, -0.2) is 0 Å². The fourth-order valence-corrected chi connectivity index (χ4v) is 3.97. The lowest BCUT2D eigenvalue weighted by Crippen LogP contribution is -2.33. The molecule has 0 fully saturated rings. The first-order valence-corrected chi connectivity index (χ1v) is 10.6. The van der Waals surface area contributed by atoms with Crippen LogP contribution in [-0.4, -0.2) is 24.5 Å². The van der Waals surface area contributed by atoms with Gasteiger partial charge >= 0.3 is 0 Å². The number of para-hydroxylation sites is 2. The summed E-state index contributed by atoms with van der Waals surface area (Å²) in [5.74, 6) is 1.45. The van der Waals surface area contributed by atoms with Crippen LogP contribution in [0.4, 0.5) is 0 Å². The van der Waals surface area contributed by atoms with Crippen molar-refractivity contribution in [1.29, 1.82) is 0 Å². The van der Waals surface area contributed by atoms with E-state index in [0.717, 1.165) is 28.2 Å². The maximum absolute atomic E-state index is 10.9. The van der Waals surface area contributed by atoms with Gasteiger partial charge < -0.3 is 14.6 Å². The Labute approximate surface area is 183 Å². The average molecular weight is 417 g/mol. The average Bonchev–Trinajstić information content (AvgIpc) is 2.80. The minimum absolute atomic E-state index is 0.135. The van der Waals surface area contributed by atoms with Crippen molar-refractivity contribution in [3.8, 4) is 17.2 Å². The second-order valence-corrected chi connectivity index (χ2v) is 7.64. The quantitative estimate of drug-likeness (QED) is 0.570. The lowest BCUT2D eigenvalue weighted by Gasteiger charge is -2.31. The summed E-state index contributed by atoms with van der Waals surface area (Å²) in [5, 5.41) is 14.5. The number of nitrogens with zero attached hydrogens (tertiary/aromatic N) is 1. The first kappa shape index (κ1) is 20.9. The van der Waals surface area contributed by atoms with E-state index in [-0.39, 0.29) is 18.0 Å². The van der Waals surface area contributed by atoms with Gasteiger partial charge in [-0.1, -0.05) is 60.2 Å². The largest absolute Gasteiger partial charge is 0.504 e. The molecule has 0 spiro atoms. The molecule has 0 saturated heterocycles. The molecule has 31 heavy (non-hydrogen) atoms. The van der Waals surface area contributed by atoms with E-state index in [1.165, 1.54) is 5.56 Å². The van der Waals surface area contributed by atoms with Crippen molar-refractivity contribution in [3.05, 3.63) is 89.0 Å². The fourth-order valence-electron chi connectivity index (χ4n) is 3.97. The first-order chi connectivity index (χ1) is 15.1. The van der Waals surface area contributed by atoms with Crippen LogP contribution in [0, 0.1) is 6.92 Å². The van der Waals surface area contributed by atoms with Crippen molar-refractivity contribution in [2.45, 2.75) is 32.5 Å². The van der Waals surface area contributed by atoms with Gasteiger partial charge in [-0.2, -0.15) is 0 Å². The minimum atomic E-state index is -0.304. The van der Waals surface area contributed by atoms with Gasteiger partial charge in [0.15, 0.2) is 11.5 Å². The topological polar surface area (TPSA) is 63.1 Å². The number of aliphatic imine (C=N–C) groups is 1. The number of methoxy groups -OCH3 is 1. The van der Waals surface area contributed by atoms with Crippen LogP contribution in [0.2, 0.25) is 0 Å². The Morgan fingerprint density at radius 3 is 2.42 bits per heavy atom. The third kappa shape index (κ3) is 4.42. The fraction of sp³-hybridized carbons (Fsp3) is 0.269. The van der Waals surface area contributed by atoms with E-state index < -0.39 is 0 Å². The number of ether oxygens (including phenoxy) is 2. The zero-order valence-corrected chi connectivity index (χ0v) is 18.1. The molecule has 4 rings (SSSR count). The Bertz CT molecular complexity index is 1080. The summed E-state index contributed by atoms with van der Waals surface area (Å²) in [6.07, 6.45) is 0.346. The standard InChI is InChI=1S/C26H28N2O3/c1-4-31-24-11-7-9-19(25(24)29)22-16-21(18-14-12-17(2)13-15-18)27-26(28-22)20-8-5-6-10-23(20)30-3/h5-15,22,26,28-29H,4,16H2,1-3H3/t22-,26+/m0/s1. The molecule has 0 radical (unpaired) electrons. The number of aromatic hydroxyl groups is 1. The van der Waals surface area contributed by atoms with E-state index in [1.807, 2.05) is 43.3 Å². The first-order valence-electron chi connectivity index (χ1n) is 10.6. The van der Waals surface area contributed by atoms with Crippen molar-refractivity contribution in [3.63, 3.8) is 0 Å². The Hall–Kier alpha value is -3.31. The van der Waals surface area contributed by atoms with Crippen LogP contribution in [0.25, 0.3) is 0 Å². The lowest BCUT2D eigenvalue weighted by atomic mass is 9.93. The molecule has 1 aliphatic heterocycles. The molecular weight excluding hydrogens is 388 g/mol. The minimum Gasteiger partial charge on any atom is -0.504 e. The molecule has 3 aromatic rings. The SMILES string of the molecule is CCOc1cccc([C@@H]2CC(c3ccc(C)cc3)=N[C@@H](c3ccccc3OC)N2)c1O.